The van der Waals surface area contributed by atoms with Crippen molar-refractivity contribution in [2.75, 3.05) is 33.3 Å². The summed E-state index contributed by atoms with van der Waals surface area (Å²) in [7, 11) is 2.16. The second kappa shape index (κ2) is 6.70. The summed E-state index contributed by atoms with van der Waals surface area (Å²) in [4.78, 5) is 2.34. The van der Waals surface area contributed by atoms with Crippen LogP contribution in [0.3, 0.4) is 0 Å². The molecule has 2 rings (SSSR count). The van der Waals surface area contributed by atoms with Gasteiger partial charge in [-0.05, 0) is 19.5 Å². The molecule has 1 aliphatic rings. The Hall–Kier alpha value is -0.900. The highest BCUT2D eigenvalue weighted by Crippen LogP contribution is 2.22. The maximum Gasteiger partial charge on any atom is 0.0852 e. The Bertz CT molecular complexity index is 405. The molecule has 3 heteroatoms. The zero-order chi connectivity index (χ0) is 14.6. The number of benzene rings is 1. The van der Waals surface area contributed by atoms with Crippen LogP contribution in [0, 0.1) is 0 Å². The lowest BCUT2D eigenvalue weighted by atomic mass is 9.84. The molecular formula is C17H28N2O. The number of rotatable bonds is 5. The van der Waals surface area contributed by atoms with Crippen molar-refractivity contribution in [2.24, 2.45) is 0 Å². The molecule has 1 aliphatic heterocycles. The topological polar surface area (TPSA) is 24.5 Å². The van der Waals surface area contributed by atoms with Crippen LogP contribution in [-0.2, 0) is 10.2 Å². The van der Waals surface area contributed by atoms with E-state index in [1.54, 1.807) is 0 Å². The van der Waals surface area contributed by atoms with E-state index in [0.717, 1.165) is 26.2 Å². The van der Waals surface area contributed by atoms with Gasteiger partial charge in [-0.3, -0.25) is 0 Å². The van der Waals surface area contributed by atoms with Crippen molar-refractivity contribution in [2.45, 2.75) is 38.3 Å². The molecule has 1 N–H and O–H groups in total. The van der Waals surface area contributed by atoms with E-state index in [9.17, 15) is 0 Å². The van der Waals surface area contributed by atoms with Crippen LogP contribution in [0.5, 0.6) is 0 Å². The third kappa shape index (κ3) is 4.05. The van der Waals surface area contributed by atoms with Crippen molar-refractivity contribution >= 4 is 0 Å². The molecule has 1 saturated heterocycles. The van der Waals surface area contributed by atoms with Gasteiger partial charge in [-0.15, -0.1) is 0 Å². The standard InChI is InChI=1S/C17H28N2O/c1-14(16-12-19(4)10-11-20-16)18-13-17(2,3)15-8-6-5-7-9-15/h5-9,14,16,18H,10-13H2,1-4H3/t14-,16+/m0/s1. The minimum absolute atomic E-state index is 0.135. The van der Waals surface area contributed by atoms with E-state index in [0.29, 0.717) is 12.1 Å². The summed E-state index contributed by atoms with van der Waals surface area (Å²) in [6, 6.07) is 11.1. The molecule has 1 fully saturated rings. The van der Waals surface area contributed by atoms with Gasteiger partial charge in [-0.1, -0.05) is 44.2 Å². The van der Waals surface area contributed by atoms with Gasteiger partial charge in [-0.2, -0.15) is 0 Å². The third-order valence-electron chi connectivity index (χ3n) is 4.28. The molecular weight excluding hydrogens is 248 g/mol. The summed E-state index contributed by atoms with van der Waals surface area (Å²) >= 11 is 0. The van der Waals surface area contributed by atoms with Gasteiger partial charge in [0.05, 0.1) is 12.7 Å². The summed E-state index contributed by atoms with van der Waals surface area (Å²) in [6.07, 6.45) is 0.292. The van der Waals surface area contributed by atoms with Crippen molar-refractivity contribution in [3.63, 3.8) is 0 Å². The fourth-order valence-corrected chi connectivity index (χ4v) is 2.65. The van der Waals surface area contributed by atoms with E-state index in [1.165, 1.54) is 5.56 Å². The zero-order valence-electron chi connectivity index (χ0n) is 13.2. The monoisotopic (exact) mass is 276 g/mol. The van der Waals surface area contributed by atoms with E-state index in [4.69, 9.17) is 4.74 Å². The van der Waals surface area contributed by atoms with Crippen molar-refractivity contribution in [1.29, 1.82) is 0 Å². The molecule has 3 nitrogen and oxygen atoms in total. The van der Waals surface area contributed by atoms with E-state index < -0.39 is 0 Å². The Balaban J connectivity index is 1.87. The van der Waals surface area contributed by atoms with E-state index in [1.807, 2.05) is 0 Å². The van der Waals surface area contributed by atoms with Crippen LogP contribution >= 0.6 is 0 Å². The Morgan fingerprint density at radius 1 is 1.35 bits per heavy atom. The summed E-state index contributed by atoms with van der Waals surface area (Å²) in [6.45, 7) is 10.7. The number of ether oxygens (including phenoxy) is 1. The molecule has 0 aliphatic carbocycles. The van der Waals surface area contributed by atoms with Crippen molar-refractivity contribution in [3.8, 4) is 0 Å². The number of nitrogens with zero attached hydrogens (tertiary/aromatic N) is 1. The van der Waals surface area contributed by atoms with Gasteiger partial charge in [0.2, 0.25) is 0 Å². The lowest BCUT2D eigenvalue weighted by Gasteiger charge is -2.36. The van der Waals surface area contributed by atoms with E-state index in [-0.39, 0.29) is 5.41 Å². The van der Waals surface area contributed by atoms with Gasteiger partial charge in [0.15, 0.2) is 0 Å². The zero-order valence-corrected chi connectivity index (χ0v) is 13.2. The molecule has 0 radical (unpaired) electrons. The molecule has 1 aromatic carbocycles. The molecule has 20 heavy (non-hydrogen) atoms. The minimum Gasteiger partial charge on any atom is -0.374 e. The average Bonchev–Trinajstić information content (AvgIpc) is 2.46. The lowest BCUT2D eigenvalue weighted by Crippen LogP contribution is -2.51. The SMILES string of the molecule is C[C@H](NCC(C)(C)c1ccccc1)[C@H]1CN(C)CCO1. The van der Waals surface area contributed by atoms with Crippen molar-refractivity contribution in [1.82, 2.24) is 10.2 Å². The van der Waals surface area contributed by atoms with Crippen LogP contribution in [0.4, 0.5) is 0 Å². The Morgan fingerprint density at radius 3 is 2.70 bits per heavy atom. The minimum atomic E-state index is 0.135. The van der Waals surface area contributed by atoms with Gasteiger partial charge in [0.1, 0.15) is 0 Å². The predicted molar refractivity (Wildman–Crippen MR) is 84.2 cm³/mol. The normalized spacial score (nSPS) is 22.7. The quantitative estimate of drug-likeness (QED) is 0.893. The van der Waals surface area contributed by atoms with E-state index >= 15 is 0 Å². The largest absolute Gasteiger partial charge is 0.374 e. The maximum absolute atomic E-state index is 5.88. The summed E-state index contributed by atoms with van der Waals surface area (Å²) in [5, 5.41) is 3.66. The van der Waals surface area contributed by atoms with Gasteiger partial charge >= 0.3 is 0 Å². The molecule has 112 valence electrons. The Morgan fingerprint density at radius 2 is 2.05 bits per heavy atom. The molecule has 0 spiro atoms. The second-order valence-electron chi connectivity index (χ2n) is 6.59. The fourth-order valence-electron chi connectivity index (χ4n) is 2.65. The van der Waals surface area contributed by atoms with Crippen molar-refractivity contribution in [3.05, 3.63) is 35.9 Å². The highest BCUT2D eigenvalue weighted by Gasteiger charge is 2.26. The number of hydrogen-bond acceptors (Lipinski definition) is 3. The number of morpholine rings is 1. The molecule has 0 bridgehead atoms. The molecule has 1 aromatic rings. The number of hydrogen-bond donors (Lipinski definition) is 1. The summed E-state index contributed by atoms with van der Waals surface area (Å²) in [5.41, 5.74) is 1.51. The first kappa shape index (κ1) is 15.5. The smallest absolute Gasteiger partial charge is 0.0852 e. The first-order valence-corrected chi connectivity index (χ1v) is 7.58. The fraction of sp³-hybridized carbons (Fsp3) is 0.647. The molecule has 0 unspecified atom stereocenters. The van der Waals surface area contributed by atoms with Gasteiger partial charge < -0.3 is 15.0 Å². The highest BCUT2D eigenvalue weighted by atomic mass is 16.5. The van der Waals surface area contributed by atoms with Crippen LogP contribution in [0.2, 0.25) is 0 Å². The Kier molecular flexibility index (Phi) is 5.19. The maximum atomic E-state index is 5.88. The first-order chi connectivity index (χ1) is 9.49. The average molecular weight is 276 g/mol. The van der Waals surface area contributed by atoms with Gasteiger partial charge in [0.25, 0.3) is 0 Å². The van der Waals surface area contributed by atoms with Crippen LogP contribution in [-0.4, -0.2) is 50.3 Å². The molecule has 0 amide bonds. The molecule has 2 atom stereocenters. The van der Waals surface area contributed by atoms with Crippen LogP contribution in [0.25, 0.3) is 0 Å². The van der Waals surface area contributed by atoms with Crippen LogP contribution < -0.4 is 5.32 Å². The predicted octanol–water partition coefficient (Wildman–Crippen LogP) is 2.27. The van der Waals surface area contributed by atoms with Crippen LogP contribution in [0.15, 0.2) is 30.3 Å². The molecule has 0 saturated carbocycles. The highest BCUT2D eigenvalue weighted by molar-refractivity contribution is 5.23. The molecule has 0 aromatic heterocycles. The second-order valence-corrected chi connectivity index (χ2v) is 6.59. The number of nitrogens with one attached hydrogen (secondary N) is 1. The van der Waals surface area contributed by atoms with Crippen LogP contribution in [0.1, 0.15) is 26.3 Å². The third-order valence-corrected chi connectivity index (χ3v) is 4.28. The Labute approximate surface area is 123 Å². The van der Waals surface area contributed by atoms with E-state index in [2.05, 4.69) is 68.4 Å². The summed E-state index contributed by atoms with van der Waals surface area (Å²) < 4.78 is 5.88. The van der Waals surface area contributed by atoms with Gasteiger partial charge in [-0.25, -0.2) is 0 Å². The lowest BCUT2D eigenvalue weighted by molar-refractivity contribution is -0.0358. The van der Waals surface area contributed by atoms with Gasteiger partial charge in [0, 0.05) is 31.1 Å². The summed E-state index contributed by atoms with van der Waals surface area (Å²) in [5.74, 6) is 0. The molecule has 1 heterocycles. The van der Waals surface area contributed by atoms with Crippen molar-refractivity contribution < 1.29 is 4.74 Å². The first-order valence-electron chi connectivity index (χ1n) is 7.58. The number of likely N-dealkylation sites (N-methyl/N-ethyl adjacent to an activating group) is 1.